The lowest BCUT2D eigenvalue weighted by atomic mass is 10.2. The number of rotatable bonds is 4. The second kappa shape index (κ2) is 7.80. The van der Waals surface area contributed by atoms with E-state index in [0.717, 1.165) is 4.90 Å². The van der Waals surface area contributed by atoms with E-state index in [1.165, 1.54) is 30.5 Å². The van der Waals surface area contributed by atoms with Crippen molar-refractivity contribution in [3.05, 3.63) is 71.1 Å². The average molecular weight is 408 g/mol. The van der Waals surface area contributed by atoms with E-state index >= 15 is 0 Å². The van der Waals surface area contributed by atoms with Crippen molar-refractivity contribution in [1.29, 1.82) is 0 Å². The average Bonchev–Trinajstić information content (AvgIpc) is 2.97. The van der Waals surface area contributed by atoms with Gasteiger partial charge in [-0.2, -0.15) is 0 Å². The Morgan fingerprint density at radius 1 is 1.10 bits per heavy atom. The highest BCUT2D eigenvalue weighted by Crippen LogP contribution is 2.32. The van der Waals surface area contributed by atoms with Crippen LogP contribution in [0.2, 0.25) is 0 Å². The Balaban J connectivity index is 1.47. The van der Waals surface area contributed by atoms with Crippen molar-refractivity contribution in [2.75, 3.05) is 11.9 Å². The highest BCUT2D eigenvalue weighted by molar-refractivity contribution is 8.18. The molecule has 0 saturated carbocycles. The van der Waals surface area contributed by atoms with E-state index in [4.69, 9.17) is 0 Å². The molecule has 1 N–H and O–H groups in total. The largest absolute Gasteiger partial charge is 0.324 e. The maximum absolute atomic E-state index is 13.8. The van der Waals surface area contributed by atoms with Crippen molar-refractivity contribution < 1.29 is 18.8 Å². The van der Waals surface area contributed by atoms with Gasteiger partial charge >= 0.3 is 0 Å². The Hall–Kier alpha value is -3.59. The van der Waals surface area contributed by atoms with Crippen molar-refractivity contribution in [1.82, 2.24) is 14.9 Å². The fraction of sp³-hybridized carbons (Fsp3) is 0.0500. The zero-order chi connectivity index (χ0) is 20.4. The first-order valence-corrected chi connectivity index (χ1v) is 9.33. The van der Waals surface area contributed by atoms with Crippen LogP contribution in [0.5, 0.6) is 0 Å². The molecule has 0 spiro atoms. The number of nitrogens with one attached hydrogen (secondary N) is 1. The number of carbonyl (C=O) groups is 3. The lowest BCUT2D eigenvalue weighted by molar-refractivity contribution is -0.127. The van der Waals surface area contributed by atoms with Gasteiger partial charge in [0.1, 0.15) is 12.4 Å². The number of benzene rings is 2. The molecule has 3 amide bonds. The molecule has 29 heavy (non-hydrogen) atoms. The number of halogens is 1. The Morgan fingerprint density at radius 3 is 2.66 bits per heavy atom. The van der Waals surface area contributed by atoms with E-state index in [2.05, 4.69) is 15.3 Å². The molecule has 0 aliphatic carbocycles. The number of anilines is 1. The maximum atomic E-state index is 13.8. The van der Waals surface area contributed by atoms with E-state index in [1.807, 2.05) is 0 Å². The Labute approximate surface area is 168 Å². The minimum absolute atomic E-state index is 0.0638. The standard InChI is InChI=1S/C20H13FN4O3S/c21-14-4-2-1-3-12(14)9-17-19(27)25(20(28)29-17)11-18(26)24-13-5-6-15-16(10-13)23-8-7-22-15/h1-10H,11H2,(H,24,26). The molecule has 0 radical (unpaired) electrons. The molecule has 1 saturated heterocycles. The number of carbonyl (C=O) groups excluding carboxylic acids is 3. The quantitative estimate of drug-likeness (QED) is 0.665. The summed E-state index contributed by atoms with van der Waals surface area (Å²) in [6.45, 7) is -0.447. The van der Waals surface area contributed by atoms with Crippen LogP contribution in [0, 0.1) is 5.82 Å². The SMILES string of the molecule is O=C(CN1C(=O)SC(=Cc2ccccc2F)C1=O)Nc1ccc2nccnc2c1. The number of amides is 3. The number of aromatic nitrogens is 2. The predicted molar refractivity (Wildman–Crippen MR) is 107 cm³/mol. The highest BCUT2D eigenvalue weighted by atomic mass is 32.2. The molecule has 2 aromatic carbocycles. The van der Waals surface area contributed by atoms with Gasteiger partial charge < -0.3 is 5.32 Å². The molecule has 0 unspecified atom stereocenters. The third-order valence-electron chi connectivity index (χ3n) is 4.12. The van der Waals surface area contributed by atoms with Gasteiger partial charge in [0.25, 0.3) is 11.1 Å². The molecule has 1 aliphatic heterocycles. The molecule has 9 heteroatoms. The molecule has 1 aromatic heterocycles. The molecule has 7 nitrogen and oxygen atoms in total. The fourth-order valence-corrected chi connectivity index (χ4v) is 3.58. The number of hydrogen-bond donors (Lipinski definition) is 1. The normalized spacial score (nSPS) is 15.3. The number of fused-ring (bicyclic) bond motifs is 1. The summed E-state index contributed by atoms with van der Waals surface area (Å²) >= 11 is 0.669. The van der Waals surface area contributed by atoms with Gasteiger partial charge in [-0.15, -0.1) is 0 Å². The van der Waals surface area contributed by atoms with Crippen LogP contribution in [0.25, 0.3) is 17.1 Å². The molecular weight excluding hydrogens is 395 g/mol. The van der Waals surface area contributed by atoms with Gasteiger partial charge in [0, 0.05) is 23.6 Å². The van der Waals surface area contributed by atoms with Crippen LogP contribution in [-0.2, 0) is 9.59 Å². The minimum atomic E-state index is -0.636. The molecule has 4 rings (SSSR count). The van der Waals surface area contributed by atoms with Gasteiger partial charge in [0.15, 0.2) is 0 Å². The zero-order valence-electron chi connectivity index (χ0n) is 14.8. The molecule has 2 heterocycles. The van der Waals surface area contributed by atoms with E-state index < -0.39 is 29.4 Å². The number of nitrogens with zero attached hydrogens (tertiary/aromatic N) is 3. The van der Waals surface area contributed by atoms with Crippen LogP contribution in [-0.4, -0.2) is 38.5 Å². The first kappa shape index (κ1) is 18.8. The summed E-state index contributed by atoms with van der Waals surface area (Å²) in [6.07, 6.45) is 4.41. The smallest absolute Gasteiger partial charge is 0.294 e. The molecule has 0 atom stereocenters. The summed E-state index contributed by atoms with van der Waals surface area (Å²) in [6, 6.07) is 10.9. The van der Waals surface area contributed by atoms with E-state index in [-0.39, 0.29) is 10.5 Å². The zero-order valence-corrected chi connectivity index (χ0v) is 15.6. The van der Waals surface area contributed by atoms with Crippen LogP contribution in [0.1, 0.15) is 5.56 Å². The van der Waals surface area contributed by atoms with Crippen molar-refractivity contribution in [3.63, 3.8) is 0 Å². The predicted octanol–water partition coefficient (Wildman–Crippen LogP) is 3.44. The summed E-state index contributed by atoms with van der Waals surface area (Å²) in [5.41, 5.74) is 1.94. The number of thioether (sulfide) groups is 1. The molecule has 3 aromatic rings. The Kier molecular flexibility index (Phi) is 5.05. The summed E-state index contributed by atoms with van der Waals surface area (Å²) in [5, 5.41) is 2.05. The van der Waals surface area contributed by atoms with Crippen LogP contribution in [0.3, 0.4) is 0 Å². The van der Waals surface area contributed by atoms with Gasteiger partial charge in [-0.05, 0) is 42.1 Å². The van der Waals surface area contributed by atoms with Crippen LogP contribution in [0.15, 0.2) is 59.8 Å². The second-order valence-corrected chi connectivity index (χ2v) is 7.09. The third kappa shape index (κ3) is 3.99. The lowest BCUT2D eigenvalue weighted by Crippen LogP contribution is -2.36. The monoisotopic (exact) mass is 408 g/mol. The van der Waals surface area contributed by atoms with Crippen molar-refractivity contribution >= 4 is 51.6 Å². The van der Waals surface area contributed by atoms with Gasteiger partial charge in [-0.1, -0.05) is 18.2 Å². The number of hydrogen-bond acceptors (Lipinski definition) is 6. The van der Waals surface area contributed by atoms with E-state index in [0.29, 0.717) is 28.5 Å². The van der Waals surface area contributed by atoms with Gasteiger partial charge in [0.05, 0.1) is 15.9 Å². The van der Waals surface area contributed by atoms with Crippen LogP contribution >= 0.6 is 11.8 Å². The van der Waals surface area contributed by atoms with Crippen molar-refractivity contribution in [2.24, 2.45) is 0 Å². The van der Waals surface area contributed by atoms with E-state index in [9.17, 15) is 18.8 Å². The summed E-state index contributed by atoms with van der Waals surface area (Å²) in [4.78, 5) is 46.2. The maximum Gasteiger partial charge on any atom is 0.294 e. The molecular formula is C20H13FN4O3S. The van der Waals surface area contributed by atoms with Gasteiger partial charge in [0.2, 0.25) is 5.91 Å². The summed E-state index contributed by atoms with van der Waals surface area (Å²) < 4.78 is 13.8. The first-order chi connectivity index (χ1) is 14.0. The van der Waals surface area contributed by atoms with Gasteiger partial charge in [-0.25, -0.2) is 4.39 Å². The van der Waals surface area contributed by atoms with Crippen LogP contribution < -0.4 is 5.32 Å². The van der Waals surface area contributed by atoms with E-state index in [1.54, 1.807) is 30.5 Å². The molecule has 0 bridgehead atoms. The molecule has 1 aliphatic rings. The van der Waals surface area contributed by atoms with Crippen LogP contribution in [0.4, 0.5) is 14.9 Å². The summed E-state index contributed by atoms with van der Waals surface area (Å²) in [7, 11) is 0. The third-order valence-corrected chi connectivity index (χ3v) is 5.03. The molecule has 144 valence electrons. The number of imide groups is 1. The topological polar surface area (TPSA) is 92.3 Å². The second-order valence-electron chi connectivity index (χ2n) is 6.10. The Morgan fingerprint density at radius 2 is 1.86 bits per heavy atom. The minimum Gasteiger partial charge on any atom is -0.324 e. The first-order valence-electron chi connectivity index (χ1n) is 8.52. The van der Waals surface area contributed by atoms with Crippen molar-refractivity contribution in [3.8, 4) is 0 Å². The highest BCUT2D eigenvalue weighted by Gasteiger charge is 2.36. The lowest BCUT2D eigenvalue weighted by Gasteiger charge is -2.12. The summed E-state index contributed by atoms with van der Waals surface area (Å²) in [5.74, 6) is -1.68. The fourth-order valence-electron chi connectivity index (χ4n) is 2.75. The molecule has 1 fully saturated rings. The van der Waals surface area contributed by atoms with Crippen molar-refractivity contribution in [2.45, 2.75) is 0 Å². The van der Waals surface area contributed by atoms with Gasteiger partial charge in [-0.3, -0.25) is 29.3 Å². The Bertz CT molecular complexity index is 1180.